The zero-order valence-electron chi connectivity index (χ0n) is 21.8. The largest absolute Gasteiger partial charge is 0.497 e. The number of hydrogen-bond acceptors (Lipinski definition) is 5. The number of carbonyl (C=O) groups excluding carboxylic acids is 2. The molecule has 0 aliphatic rings. The maximum atomic E-state index is 13.9. The number of halogens is 1. The number of benzene rings is 3. The highest BCUT2D eigenvalue weighted by molar-refractivity contribution is 9.10. The van der Waals surface area contributed by atoms with Gasteiger partial charge < -0.3 is 15.0 Å². The molecule has 0 aliphatic carbocycles. The zero-order valence-corrected chi connectivity index (χ0v) is 24.2. The molecule has 1 N–H and O–H groups in total. The predicted molar refractivity (Wildman–Crippen MR) is 151 cm³/mol. The maximum absolute atomic E-state index is 13.9. The van der Waals surface area contributed by atoms with Gasteiger partial charge in [-0.25, -0.2) is 8.42 Å². The number of amides is 2. The molecule has 1 atom stereocenters. The summed E-state index contributed by atoms with van der Waals surface area (Å²) in [4.78, 5) is 28.3. The molecule has 3 aromatic carbocycles. The van der Waals surface area contributed by atoms with Crippen molar-refractivity contribution < 1.29 is 22.7 Å². The fourth-order valence-corrected chi connectivity index (χ4v) is 5.65. The van der Waals surface area contributed by atoms with E-state index in [-0.39, 0.29) is 23.4 Å². The molecule has 10 heteroatoms. The lowest BCUT2D eigenvalue weighted by atomic mass is 10.1. The molecule has 3 aromatic rings. The minimum Gasteiger partial charge on any atom is -0.497 e. The highest BCUT2D eigenvalue weighted by Crippen LogP contribution is 2.27. The number of methoxy groups -OCH3 is 1. The molecule has 202 valence electrons. The second-order valence-electron chi connectivity index (χ2n) is 9.02. The topological polar surface area (TPSA) is 96.0 Å². The summed E-state index contributed by atoms with van der Waals surface area (Å²) in [5.74, 6) is -0.258. The smallest absolute Gasteiger partial charge is 0.264 e. The fraction of sp³-hybridized carbons (Fsp3) is 0.286. The summed E-state index contributed by atoms with van der Waals surface area (Å²) in [5.41, 5.74) is 1.05. The van der Waals surface area contributed by atoms with Gasteiger partial charge in [0.05, 0.1) is 17.7 Å². The Labute approximate surface area is 232 Å². The maximum Gasteiger partial charge on any atom is 0.264 e. The number of anilines is 1. The summed E-state index contributed by atoms with van der Waals surface area (Å²) >= 11 is 3.39. The third-order valence-corrected chi connectivity index (χ3v) is 8.07. The van der Waals surface area contributed by atoms with Gasteiger partial charge in [0.25, 0.3) is 10.0 Å². The van der Waals surface area contributed by atoms with Crippen molar-refractivity contribution >= 4 is 43.5 Å². The number of ether oxygens (including phenoxy) is 1. The molecule has 3 rings (SSSR count). The molecular weight excluding hydrogens is 570 g/mol. The lowest BCUT2D eigenvalue weighted by Crippen LogP contribution is -2.52. The fourth-order valence-electron chi connectivity index (χ4n) is 3.83. The number of nitrogens with zero attached hydrogens (tertiary/aromatic N) is 2. The van der Waals surface area contributed by atoms with Crippen LogP contribution in [0.3, 0.4) is 0 Å². The average Bonchev–Trinajstić information content (AvgIpc) is 2.90. The minimum atomic E-state index is -4.10. The lowest BCUT2D eigenvalue weighted by Gasteiger charge is -2.32. The first-order valence-corrected chi connectivity index (χ1v) is 14.3. The molecule has 0 aromatic heterocycles. The van der Waals surface area contributed by atoms with Crippen molar-refractivity contribution in [1.82, 2.24) is 10.2 Å². The molecule has 0 saturated carbocycles. The molecule has 0 unspecified atom stereocenters. The molecule has 0 aliphatic heterocycles. The molecule has 0 radical (unpaired) electrons. The van der Waals surface area contributed by atoms with Crippen molar-refractivity contribution in [2.75, 3.05) is 18.0 Å². The van der Waals surface area contributed by atoms with E-state index >= 15 is 0 Å². The van der Waals surface area contributed by atoms with Crippen LogP contribution in [0.15, 0.2) is 88.2 Å². The Morgan fingerprint density at radius 1 is 0.947 bits per heavy atom. The number of rotatable bonds is 11. The van der Waals surface area contributed by atoms with Gasteiger partial charge in [0.2, 0.25) is 11.8 Å². The molecule has 0 saturated heterocycles. The van der Waals surface area contributed by atoms with Crippen LogP contribution in [0.1, 0.15) is 26.3 Å². The third-order valence-electron chi connectivity index (χ3n) is 5.79. The molecule has 2 amide bonds. The second-order valence-corrected chi connectivity index (χ2v) is 11.8. The van der Waals surface area contributed by atoms with Crippen LogP contribution in [-0.4, -0.2) is 50.9 Å². The van der Waals surface area contributed by atoms with E-state index in [1.54, 1.807) is 74.7 Å². The normalized spacial score (nSPS) is 12.1. The Kier molecular flexibility index (Phi) is 9.93. The van der Waals surface area contributed by atoms with E-state index < -0.39 is 28.5 Å². The molecule has 0 spiro atoms. The summed E-state index contributed by atoms with van der Waals surface area (Å²) in [5, 5.41) is 2.84. The minimum absolute atomic E-state index is 0.0534. The predicted octanol–water partition coefficient (Wildman–Crippen LogP) is 4.59. The van der Waals surface area contributed by atoms with Crippen molar-refractivity contribution in [3.63, 3.8) is 0 Å². The van der Waals surface area contributed by atoms with E-state index in [1.165, 1.54) is 17.0 Å². The molecule has 0 heterocycles. The van der Waals surface area contributed by atoms with Gasteiger partial charge in [0, 0.05) is 17.1 Å². The van der Waals surface area contributed by atoms with Gasteiger partial charge in [0.15, 0.2) is 0 Å². The van der Waals surface area contributed by atoms with E-state index in [0.717, 1.165) is 9.87 Å². The highest BCUT2D eigenvalue weighted by Gasteiger charge is 2.32. The Bertz CT molecular complexity index is 1370. The second kappa shape index (κ2) is 12.9. The number of hydrogen-bond donors (Lipinski definition) is 1. The van der Waals surface area contributed by atoms with Gasteiger partial charge in [-0.15, -0.1) is 0 Å². The van der Waals surface area contributed by atoms with E-state index in [0.29, 0.717) is 15.9 Å². The van der Waals surface area contributed by atoms with Crippen LogP contribution in [0.5, 0.6) is 5.75 Å². The number of sulfonamides is 1. The van der Waals surface area contributed by atoms with E-state index in [4.69, 9.17) is 4.74 Å². The van der Waals surface area contributed by atoms with E-state index in [1.807, 2.05) is 19.9 Å². The third kappa shape index (κ3) is 7.35. The first kappa shape index (κ1) is 29.2. The van der Waals surface area contributed by atoms with Crippen LogP contribution in [0.4, 0.5) is 5.69 Å². The SMILES string of the molecule is COc1cccc(CN(C(=O)CN(c2cccc(Br)c2)S(=O)(=O)c2ccccc2)[C@@H](C)C(=O)NC(C)C)c1. The molecule has 0 bridgehead atoms. The van der Waals surface area contributed by atoms with Gasteiger partial charge in [-0.05, 0) is 68.8 Å². The Hall–Kier alpha value is -3.37. The van der Waals surface area contributed by atoms with Crippen LogP contribution < -0.4 is 14.4 Å². The van der Waals surface area contributed by atoms with Crippen LogP contribution in [-0.2, 0) is 26.2 Å². The average molecular weight is 603 g/mol. The van der Waals surface area contributed by atoms with Crippen LogP contribution in [0.25, 0.3) is 0 Å². The first-order valence-electron chi connectivity index (χ1n) is 12.1. The summed E-state index contributed by atoms with van der Waals surface area (Å²) in [6, 6.07) is 20.9. The Balaban J connectivity index is 2.03. The van der Waals surface area contributed by atoms with Gasteiger partial charge in [0.1, 0.15) is 18.3 Å². The van der Waals surface area contributed by atoms with Crippen LogP contribution in [0.2, 0.25) is 0 Å². The van der Waals surface area contributed by atoms with Crippen molar-refractivity contribution in [1.29, 1.82) is 0 Å². The van der Waals surface area contributed by atoms with E-state index in [2.05, 4.69) is 21.2 Å². The quantitative estimate of drug-likeness (QED) is 0.347. The Morgan fingerprint density at radius 2 is 1.63 bits per heavy atom. The van der Waals surface area contributed by atoms with Gasteiger partial charge in [-0.2, -0.15) is 0 Å². The Morgan fingerprint density at radius 3 is 2.26 bits per heavy atom. The molecule has 8 nitrogen and oxygen atoms in total. The zero-order chi connectivity index (χ0) is 27.9. The van der Waals surface area contributed by atoms with Gasteiger partial charge >= 0.3 is 0 Å². The summed E-state index contributed by atoms with van der Waals surface area (Å²) < 4.78 is 34.5. The van der Waals surface area contributed by atoms with E-state index in [9.17, 15) is 18.0 Å². The van der Waals surface area contributed by atoms with Crippen LogP contribution >= 0.6 is 15.9 Å². The lowest BCUT2D eigenvalue weighted by molar-refractivity contribution is -0.139. The summed E-state index contributed by atoms with van der Waals surface area (Å²) in [6.45, 7) is 4.88. The van der Waals surface area contributed by atoms with Crippen LogP contribution in [0, 0.1) is 0 Å². The number of nitrogens with one attached hydrogen (secondary N) is 1. The molecule has 0 fully saturated rings. The highest BCUT2D eigenvalue weighted by atomic mass is 79.9. The van der Waals surface area contributed by atoms with Gasteiger partial charge in [-0.3, -0.25) is 13.9 Å². The summed E-state index contributed by atoms with van der Waals surface area (Å²) in [6.07, 6.45) is 0. The number of carbonyl (C=O) groups is 2. The van der Waals surface area contributed by atoms with Crippen molar-refractivity contribution in [3.05, 3.63) is 88.9 Å². The monoisotopic (exact) mass is 601 g/mol. The first-order chi connectivity index (χ1) is 18.0. The van der Waals surface area contributed by atoms with Gasteiger partial charge in [-0.1, -0.05) is 52.3 Å². The molecule has 38 heavy (non-hydrogen) atoms. The molecular formula is C28H32BrN3O5S. The summed E-state index contributed by atoms with van der Waals surface area (Å²) in [7, 11) is -2.56. The standard InChI is InChI=1S/C28H32BrN3O5S/c1-20(2)30-28(34)21(3)31(18-22-10-8-13-25(16-22)37-4)27(33)19-32(24-12-9-11-23(29)17-24)38(35,36)26-14-6-5-7-15-26/h5-17,20-21H,18-19H2,1-4H3,(H,30,34)/t21-/m0/s1. The van der Waals surface area contributed by atoms with Crippen molar-refractivity contribution in [2.24, 2.45) is 0 Å². The van der Waals surface area contributed by atoms with Crippen molar-refractivity contribution in [2.45, 2.75) is 44.3 Å². The van der Waals surface area contributed by atoms with Crippen molar-refractivity contribution in [3.8, 4) is 5.75 Å².